The number of aromatic nitrogens is 1. The highest BCUT2D eigenvalue weighted by Crippen LogP contribution is 2.40. The van der Waals surface area contributed by atoms with Gasteiger partial charge in [-0.25, -0.2) is 4.31 Å². The van der Waals surface area contributed by atoms with Crippen LogP contribution in [0.3, 0.4) is 0 Å². The number of aryl methyl sites for hydroxylation is 1. The molecule has 3 aromatic rings. The van der Waals surface area contributed by atoms with Crippen molar-refractivity contribution in [2.75, 3.05) is 18.8 Å². The number of amides is 1. The standard InChI is InChI=1S/C28H34ClN3O4S2/c1-20-19-30-14-13-24(20)22-8-5-9-23(18-22)28(3,4)32(37-26-11-6-10-25(29)21(26)2)16-7-12-27(33)31-15-17-38(34,35)36/h5-6,8-11,13-14,18-19H,7,12,15-17H2,1-4H3,(H,31,33)(H,34,35,36). The van der Waals surface area contributed by atoms with E-state index in [2.05, 4.69) is 52.7 Å². The molecule has 3 rings (SSSR count). The number of carbonyl (C=O) groups excluding carboxylic acids is 1. The van der Waals surface area contributed by atoms with Gasteiger partial charge in [0.25, 0.3) is 10.1 Å². The van der Waals surface area contributed by atoms with Gasteiger partial charge in [0.05, 0.1) is 11.3 Å². The summed E-state index contributed by atoms with van der Waals surface area (Å²) >= 11 is 8.01. The lowest BCUT2D eigenvalue weighted by atomic mass is 9.90. The molecule has 0 aliphatic rings. The summed E-state index contributed by atoms with van der Waals surface area (Å²) in [6.45, 7) is 8.82. The first-order valence-electron chi connectivity index (χ1n) is 12.3. The molecule has 0 spiro atoms. The van der Waals surface area contributed by atoms with E-state index in [9.17, 15) is 13.2 Å². The number of rotatable bonds is 12. The minimum Gasteiger partial charge on any atom is -0.355 e. The Balaban J connectivity index is 1.83. The number of pyridine rings is 1. The van der Waals surface area contributed by atoms with Gasteiger partial charge in [-0.2, -0.15) is 8.42 Å². The highest BCUT2D eigenvalue weighted by Gasteiger charge is 2.30. The molecule has 1 heterocycles. The summed E-state index contributed by atoms with van der Waals surface area (Å²) in [6.07, 6.45) is 4.43. The van der Waals surface area contributed by atoms with Crippen LogP contribution in [0.15, 0.2) is 65.8 Å². The Morgan fingerprint density at radius 3 is 2.61 bits per heavy atom. The molecule has 7 nitrogen and oxygen atoms in total. The van der Waals surface area contributed by atoms with Gasteiger partial charge in [0, 0.05) is 41.8 Å². The molecule has 204 valence electrons. The third-order valence-corrected chi connectivity index (χ3v) is 9.03. The summed E-state index contributed by atoms with van der Waals surface area (Å²) in [5.41, 5.74) is 5.03. The third kappa shape index (κ3) is 8.28. The molecule has 2 N–H and O–H groups in total. The lowest BCUT2D eigenvalue weighted by Crippen LogP contribution is -2.38. The molecule has 0 fully saturated rings. The number of nitrogens with zero attached hydrogens (tertiary/aromatic N) is 2. The van der Waals surface area contributed by atoms with Crippen molar-refractivity contribution in [2.24, 2.45) is 0 Å². The molecule has 0 saturated heterocycles. The van der Waals surface area contributed by atoms with Crippen LogP contribution >= 0.6 is 23.5 Å². The summed E-state index contributed by atoms with van der Waals surface area (Å²) in [5, 5.41) is 3.25. The van der Waals surface area contributed by atoms with Crippen LogP contribution in [0.2, 0.25) is 5.02 Å². The Kier molecular flexibility index (Phi) is 10.4. The fourth-order valence-electron chi connectivity index (χ4n) is 4.04. The zero-order valence-electron chi connectivity index (χ0n) is 22.1. The second kappa shape index (κ2) is 13.1. The molecule has 0 atom stereocenters. The van der Waals surface area contributed by atoms with Crippen molar-refractivity contribution in [3.63, 3.8) is 0 Å². The van der Waals surface area contributed by atoms with E-state index in [-0.39, 0.29) is 18.9 Å². The van der Waals surface area contributed by atoms with Crippen LogP contribution in [0, 0.1) is 13.8 Å². The van der Waals surface area contributed by atoms with Gasteiger partial charge < -0.3 is 5.32 Å². The minimum absolute atomic E-state index is 0.120. The van der Waals surface area contributed by atoms with Crippen LogP contribution < -0.4 is 5.32 Å². The van der Waals surface area contributed by atoms with E-state index in [0.29, 0.717) is 18.0 Å². The predicted molar refractivity (Wildman–Crippen MR) is 155 cm³/mol. The fourth-order valence-corrected chi connectivity index (χ4v) is 5.81. The molecule has 38 heavy (non-hydrogen) atoms. The van der Waals surface area contributed by atoms with E-state index in [1.807, 2.05) is 44.3 Å². The van der Waals surface area contributed by atoms with Gasteiger partial charge in [-0.1, -0.05) is 35.9 Å². The van der Waals surface area contributed by atoms with Gasteiger partial charge in [0.1, 0.15) is 0 Å². The number of hydrogen-bond acceptors (Lipinski definition) is 6. The van der Waals surface area contributed by atoms with Gasteiger partial charge in [-0.05, 0) is 98.1 Å². The van der Waals surface area contributed by atoms with Crippen molar-refractivity contribution in [3.05, 3.63) is 82.6 Å². The van der Waals surface area contributed by atoms with E-state index in [1.54, 1.807) is 18.1 Å². The molecular formula is C28H34ClN3O4S2. The average Bonchev–Trinajstić information content (AvgIpc) is 2.85. The van der Waals surface area contributed by atoms with Crippen molar-refractivity contribution in [1.82, 2.24) is 14.6 Å². The molecule has 0 radical (unpaired) electrons. The quantitative estimate of drug-likeness (QED) is 0.200. The molecular weight excluding hydrogens is 542 g/mol. The summed E-state index contributed by atoms with van der Waals surface area (Å²) in [7, 11) is -4.11. The lowest BCUT2D eigenvalue weighted by molar-refractivity contribution is -0.121. The van der Waals surface area contributed by atoms with Crippen LogP contribution in [0.5, 0.6) is 0 Å². The van der Waals surface area contributed by atoms with Crippen molar-refractivity contribution in [3.8, 4) is 11.1 Å². The highest BCUT2D eigenvalue weighted by molar-refractivity contribution is 7.97. The Bertz CT molecular complexity index is 1380. The number of nitrogens with one attached hydrogen (secondary N) is 1. The van der Waals surface area contributed by atoms with Crippen molar-refractivity contribution >= 4 is 39.6 Å². The van der Waals surface area contributed by atoms with Crippen molar-refractivity contribution < 1.29 is 17.8 Å². The Hall–Kier alpha value is -2.43. The minimum atomic E-state index is -4.11. The van der Waals surface area contributed by atoms with Crippen LogP contribution in [0.1, 0.15) is 43.4 Å². The Labute approximate surface area is 234 Å². The lowest BCUT2D eigenvalue weighted by Gasteiger charge is -2.38. The molecule has 2 aromatic carbocycles. The fraction of sp³-hybridized carbons (Fsp3) is 0.357. The average molecular weight is 576 g/mol. The SMILES string of the molecule is Cc1cnccc1-c1cccc(C(C)(C)N(CCCC(=O)NCCS(=O)(=O)O)Sc2cccc(Cl)c2C)c1. The van der Waals surface area contributed by atoms with Gasteiger partial charge in [-0.15, -0.1) is 0 Å². The number of halogens is 1. The van der Waals surface area contributed by atoms with Crippen LogP contribution in [-0.4, -0.2) is 47.0 Å². The second-order valence-electron chi connectivity index (χ2n) is 9.63. The van der Waals surface area contributed by atoms with Crippen LogP contribution in [0.25, 0.3) is 11.1 Å². The summed E-state index contributed by atoms with van der Waals surface area (Å²) in [6, 6.07) is 16.3. The molecule has 0 aliphatic heterocycles. The molecule has 0 bridgehead atoms. The monoisotopic (exact) mass is 575 g/mol. The summed E-state index contributed by atoms with van der Waals surface area (Å²) in [4.78, 5) is 17.5. The maximum atomic E-state index is 12.3. The highest BCUT2D eigenvalue weighted by atomic mass is 35.5. The first kappa shape index (κ1) is 30.1. The van der Waals surface area contributed by atoms with E-state index < -0.39 is 21.4 Å². The molecule has 1 aromatic heterocycles. The maximum absolute atomic E-state index is 12.3. The Morgan fingerprint density at radius 2 is 1.89 bits per heavy atom. The largest absolute Gasteiger partial charge is 0.355 e. The molecule has 0 saturated carbocycles. The van der Waals surface area contributed by atoms with Crippen LogP contribution in [-0.2, 0) is 20.5 Å². The zero-order valence-corrected chi connectivity index (χ0v) is 24.5. The first-order chi connectivity index (χ1) is 17.9. The normalized spacial score (nSPS) is 12.1. The summed E-state index contributed by atoms with van der Waals surface area (Å²) < 4.78 is 32.9. The predicted octanol–water partition coefficient (Wildman–Crippen LogP) is 6.05. The second-order valence-corrected chi connectivity index (χ2v) is 12.7. The molecule has 0 aliphatic carbocycles. The number of benzene rings is 2. The number of hydrogen-bond donors (Lipinski definition) is 2. The Morgan fingerprint density at radius 1 is 1.16 bits per heavy atom. The van der Waals surface area contributed by atoms with Crippen LogP contribution in [0.4, 0.5) is 0 Å². The van der Waals surface area contributed by atoms with E-state index in [1.165, 1.54) is 0 Å². The first-order valence-corrected chi connectivity index (χ1v) is 15.1. The van der Waals surface area contributed by atoms with E-state index in [0.717, 1.165) is 32.7 Å². The summed E-state index contributed by atoms with van der Waals surface area (Å²) in [5.74, 6) is -0.764. The van der Waals surface area contributed by atoms with E-state index in [4.69, 9.17) is 16.2 Å². The van der Waals surface area contributed by atoms with Gasteiger partial charge >= 0.3 is 0 Å². The molecule has 1 amide bonds. The molecule has 10 heteroatoms. The van der Waals surface area contributed by atoms with Gasteiger partial charge in [0.2, 0.25) is 5.91 Å². The smallest absolute Gasteiger partial charge is 0.266 e. The zero-order chi connectivity index (χ0) is 27.9. The van der Waals surface area contributed by atoms with Crippen molar-refractivity contribution in [2.45, 2.75) is 51.0 Å². The topological polar surface area (TPSA) is 99.6 Å². The van der Waals surface area contributed by atoms with Gasteiger partial charge in [0.15, 0.2) is 0 Å². The van der Waals surface area contributed by atoms with Gasteiger partial charge in [-0.3, -0.25) is 14.3 Å². The molecule has 0 unspecified atom stereocenters. The van der Waals surface area contributed by atoms with Crippen molar-refractivity contribution in [1.29, 1.82) is 0 Å². The maximum Gasteiger partial charge on any atom is 0.266 e. The third-order valence-electron chi connectivity index (χ3n) is 6.40. The number of carbonyl (C=O) groups is 1. The van der Waals surface area contributed by atoms with E-state index >= 15 is 0 Å².